The van der Waals surface area contributed by atoms with Crippen LogP contribution in [0.15, 0.2) is 127 Å². The van der Waals surface area contributed by atoms with Gasteiger partial charge in [-0.2, -0.15) is 0 Å². The zero-order valence-electron chi connectivity index (χ0n) is 18.1. The summed E-state index contributed by atoms with van der Waals surface area (Å²) in [5, 5.41) is 8.02. The van der Waals surface area contributed by atoms with Crippen LogP contribution >= 0.6 is 11.3 Å². The van der Waals surface area contributed by atoms with Crippen LogP contribution in [0, 0.1) is 0 Å². The molecule has 0 saturated carbocycles. The molecule has 1 aromatic heterocycles. The molecule has 1 heterocycles. The van der Waals surface area contributed by atoms with Gasteiger partial charge < -0.3 is 5.73 Å². The van der Waals surface area contributed by atoms with Gasteiger partial charge in [0.2, 0.25) is 0 Å². The van der Waals surface area contributed by atoms with Crippen LogP contribution in [0.4, 0.5) is 5.69 Å². The van der Waals surface area contributed by atoms with Crippen molar-refractivity contribution >= 4 is 66.0 Å². The van der Waals surface area contributed by atoms with Gasteiger partial charge in [-0.15, -0.1) is 11.3 Å². The lowest BCUT2D eigenvalue weighted by atomic mass is 10.1. The van der Waals surface area contributed by atoms with Gasteiger partial charge in [0.15, 0.2) is 8.07 Å². The summed E-state index contributed by atoms with van der Waals surface area (Å²) in [7, 11) is -2.58. The first-order chi connectivity index (χ1) is 16.3. The van der Waals surface area contributed by atoms with Crippen LogP contribution in [0.3, 0.4) is 0 Å². The van der Waals surface area contributed by atoms with Crippen molar-refractivity contribution in [3.05, 3.63) is 127 Å². The van der Waals surface area contributed by atoms with Crippen molar-refractivity contribution < 1.29 is 0 Å². The van der Waals surface area contributed by atoms with E-state index in [4.69, 9.17) is 5.73 Å². The second-order valence-corrected chi connectivity index (χ2v) is 13.2. The smallest absolute Gasteiger partial charge is 0.181 e. The molecule has 2 N–H and O–H groups in total. The Labute approximate surface area is 198 Å². The Balaban J connectivity index is 1.83. The Kier molecular flexibility index (Phi) is 4.86. The molecule has 0 saturated heterocycles. The summed E-state index contributed by atoms with van der Waals surface area (Å²) < 4.78 is 2.59. The number of fused-ring (bicyclic) bond motifs is 3. The van der Waals surface area contributed by atoms with Gasteiger partial charge in [-0.25, -0.2) is 0 Å². The van der Waals surface area contributed by atoms with Crippen LogP contribution < -0.4 is 26.5 Å². The van der Waals surface area contributed by atoms with Crippen LogP contribution in [0.2, 0.25) is 0 Å². The highest BCUT2D eigenvalue weighted by Gasteiger charge is 2.42. The topological polar surface area (TPSA) is 26.0 Å². The summed E-state index contributed by atoms with van der Waals surface area (Å²) in [5.41, 5.74) is 7.33. The maximum absolute atomic E-state index is 6.48. The van der Waals surface area contributed by atoms with Crippen molar-refractivity contribution in [2.24, 2.45) is 0 Å². The van der Waals surface area contributed by atoms with E-state index in [0.717, 1.165) is 5.69 Å². The largest absolute Gasteiger partial charge is 0.398 e. The zero-order chi connectivity index (χ0) is 22.3. The van der Waals surface area contributed by atoms with Gasteiger partial charge in [0.05, 0.1) is 0 Å². The highest BCUT2D eigenvalue weighted by molar-refractivity contribution is 7.30. The first-order valence-electron chi connectivity index (χ1n) is 11.2. The van der Waals surface area contributed by atoms with Gasteiger partial charge in [0, 0.05) is 25.9 Å². The second-order valence-electron chi connectivity index (χ2n) is 8.35. The van der Waals surface area contributed by atoms with Crippen LogP contribution in [0.25, 0.3) is 20.2 Å². The van der Waals surface area contributed by atoms with Gasteiger partial charge >= 0.3 is 0 Å². The molecule has 0 atom stereocenters. The first-order valence-corrected chi connectivity index (χ1v) is 14.0. The molecular weight excluding hydrogens is 434 g/mol. The van der Waals surface area contributed by atoms with Gasteiger partial charge in [-0.1, -0.05) is 115 Å². The monoisotopic (exact) mass is 457 g/mol. The van der Waals surface area contributed by atoms with Crippen LogP contribution in [0.5, 0.6) is 0 Å². The molecule has 158 valence electrons. The van der Waals surface area contributed by atoms with E-state index in [9.17, 15) is 0 Å². The van der Waals surface area contributed by atoms with Crippen LogP contribution in [-0.2, 0) is 0 Å². The molecule has 3 heteroatoms. The van der Waals surface area contributed by atoms with Gasteiger partial charge in [0.1, 0.15) is 0 Å². The minimum atomic E-state index is -2.58. The number of anilines is 1. The standard InChI is InChI=1S/C30H23NSSi/c31-26-19-11-20-27-29(26)25-18-10-21-28(30(25)32-27)33(22-12-4-1-5-13-22,23-14-6-2-7-15-23)24-16-8-3-9-17-24/h1-21H,31H2. The Morgan fingerprint density at radius 2 is 1.03 bits per heavy atom. The number of hydrogen-bond acceptors (Lipinski definition) is 2. The van der Waals surface area contributed by atoms with Crippen molar-refractivity contribution in [3.63, 3.8) is 0 Å². The van der Waals surface area contributed by atoms with Crippen molar-refractivity contribution in [1.82, 2.24) is 0 Å². The van der Waals surface area contributed by atoms with Crippen molar-refractivity contribution in [3.8, 4) is 0 Å². The Hall–Kier alpha value is -3.66. The van der Waals surface area contributed by atoms with Crippen LogP contribution in [0.1, 0.15) is 0 Å². The van der Waals surface area contributed by atoms with Crippen LogP contribution in [-0.4, -0.2) is 8.07 Å². The summed E-state index contributed by atoms with van der Waals surface area (Å²) in [6.45, 7) is 0. The molecular formula is C30H23NSSi. The molecule has 0 radical (unpaired) electrons. The van der Waals surface area contributed by atoms with Gasteiger partial charge in [-0.05, 0) is 32.9 Å². The highest BCUT2D eigenvalue weighted by atomic mass is 32.1. The molecule has 6 aromatic rings. The molecule has 6 rings (SSSR count). The maximum atomic E-state index is 6.48. The van der Waals surface area contributed by atoms with E-state index in [1.54, 1.807) is 0 Å². The number of thiophene rings is 1. The normalized spacial score (nSPS) is 11.8. The average molecular weight is 458 g/mol. The van der Waals surface area contributed by atoms with Gasteiger partial charge in [-0.3, -0.25) is 0 Å². The molecule has 5 aromatic carbocycles. The number of hydrogen-bond donors (Lipinski definition) is 1. The van der Waals surface area contributed by atoms with E-state index in [1.165, 1.54) is 40.9 Å². The van der Waals surface area contributed by atoms with Crippen molar-refractivity contribution in [2.75, 3.05) is 5.73 Å². The first kappa shape index (κ1) is 20.0. The lowest BCUT2D eigenvalue weighted by Gasteiger charge is -2.34. The number of nitrogens with two attached hydrogens (primary N) is 1. The Bertz CT molecular complexity index is 1460. The summed E-state index contributed by atoms with van der Waals surface area (Å²) >= 11 is 1.87. The summed E-state index contributed by atoms with van der Waals surface area (Å²) in [6, 6.07) is 46.3. The fourth-order valence-corrected chi connectivity index (χ4v) is 11.8. The minimum absolute atomic E-state index is 0.849. The SMILES string of the molecule is Nc1cccc2sc3c([Si](c4ccccc4)(c4ccccc4)c4ccccc4)cccc3c12. The predicted molar refractivity (Wildman–Crippen MR) is 147 cm³/mol. The molecule has 0 unspecified atom stereocenters. The number of rotatable bonds is 4. The molecule has 0 amide bonds. The third-order valence-electron chi connectivity index (χ3n) is 6.58. The van der Waals surface area contributed by atoms with E-state index in [2.05, 4.69) is 121 Å². The van der Waals surface area contributed by atoms with E-state index >= 15 is 0 Å². The fourth-order valence-electron chi connectivity index (χ4n) is 5.20. The lowest BCUT2D eigenvalue weighted by molar-refractivity contribution is 1.68. The molecule has 1 nitrogen and oxygen atoms in total. The molecule has 33 heavy (non-hydrogen) atoms. The molecule has 0 spiro atoms. The van der Waals surface area contributed by atoms with Crippen molar-refractivity contribution in [2.45, 2.75) is 0 Å². The average Bonchev–Trinajstić information content (AvgIpc) is 3.27. The minimum Gasteiger partial charge on any atom is -0.398 e. The van der Waals surface area contributed by atoms with Gasteiger partial charge in [0.25, 0.3) is 0 Å². The lowest BCUT2D eigenvalue weighted by Crippen LogP contribution is -2.74. The molecule has 0 aliphatic rings. The zero-order valence-corrected chi connectivity index (χ0v) is 19.9. The van der Waals surface area contributed by atoms with Crippen molar-refractivity contribution in [1.29, 1.82) is 0 Å². The predicted octanol–water partition coefficient (Wildman–Crippen LogP) is 5.01. The summed E-state index contributed by atoms with van der Waals surface area (Å²) in [5.74, 6) is 0. The summed E-state index contributed by atoms with van der Waals surface area (Å²) in [6.07, 6.45) is 0. The maximum Gasteiger partial charge on any atom is 0.181 e. The summed E-state index contributed by atoms with van der Waals surface area (Å²) in [4.78, 5) is 0. The quantitative estimate of drug-likeness (QED) is 0.225. The second kappa shape index (κ2) is 8.04. The van der Waals surface area contributed by atoms with E-state index in [0.29, 0.717) is 0 Å². The van der Waals surface area contributed by atoms with E-state index in [-0.39, 0.29) is 0 Å². The molecule has 0 aliphatic carbocycles. The number of benzene rings is 5. The molecule has 0 bridgehead atoms. The molecule has 0 fully saturated rings. The fraction of sp³-hybridized carbons (Fsp3) is 0. The Morgan fingerprint density at radius 1 is 0.515 bits per heavy atom. The highest BCUT2D eigenvalue weighted by Crippen LogP contribution is 2.37. The van der Waals surface area contributed by atoms with E-state index in [1.807, 2.05) is 17.4 Å². The third kappa shape index (κ3) is 3.05. The third-order valence-corrected chi connectivity index (χ3v) is 12.8. The molecule has 0 aliphatic heterocycles. The number of nitrogen functional groups attached to an aromatic ring is 1. The van der Waals surface area contributed by atoms with E-state index < -0.39 is 8.07 Å². The Morgan fingerprint density at radius 3 is 1.58 bits per heavy atom.